The maximum Gasteiger partial charge on any atom is 0.255 e. The first-order chi connectivity index (χ1) is 14.0. The van der Waals surface area contributed by atoms with Gasteiger partial charge in [0.1, 0.15) is 11.5 Å². The zero-order valence-electron chi connectivity index (χ0n) is 16.5. The molecule has 3 rings (SSSR count). The number of aryl methyl sites for hydroxylation is 1. The smallest absolute Gasteiger partial charge is 0.255 e. The summed E-state index contributed by atoms with van der Waals surface area (Å²) < 4.78 is 10.5. The van der Waals surface area contributed by atoms with E-state index in [2.05, 4.69) is 10.6 Å². The third kappa shape index (κ3) is 4.73. The normalized spacial score (nSPS) is 10.2. The molecule has 0 unspecified atom stereocenters. The largest absolute Gasteiger partial charge is 0.497 e. The van der Waals surface area contributed by atoms with E-state index in [0.717, 1.165) is 5.56 Å². The van der Waals surface area contributed by atoms with Gasteiger partial charge in [0.2, 0.25) is 0 Å². The first kappa shape index (κ1) is 19.9. The Balaban J connectivity index is 1.80. The molecule has 0 atom stereocenters. The summed E-state index contributed by atoms with van der Waals surface area (Å²) in [5.74, 6) is 0.631. The van der Waals surface area contributed by atoms with Gasteiger partial charge in [-0.2, -0.15) is 0 Å². The summed E-state index contributed by atoms with van der Waals surface area (Å²) in [5.41, 5.74) is 2.97. The molecule has 0 aliphatic heterocycles. The zero-order chi connectivity index (χ0) is 20.8. The van der Waals surface area contributed by atoms with E-state index < -0.39 is 0 Å². The standard InChI is InChI=1S/C23H22N2O4/c1-15-13-20(25-23(27)17-9-11-18(28-2)12-10-17)21(29-3)14-19(15)24-22(26)16-7-5-4-6-8-16/h4-14H,1-3H3,(H,24,26)(H,25,27). The van der Waals surface area contributed by atoms with Crippen LogP contribution in [0.4, 0.5) is 11.4 Å². The van der Waals surface area contributed by atoms with Crippen LogP contribution in [0.25, 0.3) is 0 Å². The van der Waals surface area contributed by atoms with Crippen molar-refractivity contribution < 1.29 is 19.1 Å². The molecule has 6 heteroatoms. The molecule has 2 amide bonds. The average Bonchev–Trinajstić information content (AvgIpc) is 2.76. The molecule has 0 aromatic heterocycles. The van der Waals surface area contributed by atoms with Gasteiger partial charge >= 0.3 is 0 Å². The van der Waals surface area contributed by atoms with Gasteiger partial charge in [-0.25, -0.2) is 0 Å². The van der Waals surface area contributed by atoms with Gasteiger partial charge in [-0.1, -0.05) is 18.2 Å². The van der Waals surface area contributed by atoms with Crippen LogP contribution in [-0.4, -0.2) is 26.0 Å². The van der Waals surface area contributed by atoms with Crippen LogP contribution >= 0.6 is 0 Å². The number of hydrogen-bond acceptors (Lipinski definition) is 4. The second kappa shape index (κ2) is 8.93. The number of methoxy groups -OCH3 is 2. The Kier molecular flexibility index (Phi) is 6.14. The summed E-state index contributed by atoms with van der Waals surface area (Å²) in [6, 6.07) is 19.2. The van der Waals surface area contributed by atoms with Crippen molar-refractivity contribution in [3.05, 3.63) is 83.4 Å². The maximum atomic E-state index is 12.6. The Labute approximate surface area is 169 Å². The van der Waals surface area contributed by atoms with Crippen LogP contribution in [0.5, 0.6) is 11.5 Å². The number of ether oxygens (including phenoxy) is 2. The number of amides is 2. The Morgan fingerprint density at radius 2 is 1.31 bits per heavy atom. The van der Waals surface area contributed by atoms with Crippen molar-refractivity contribution in [3.8, 4) is 11.5 Å². The number of hydrogen-bond donors (Lipinski definition) is 2. The molecule has 0 fully saturated rings. The lowest BCUT2D eigenvalue weighted by atomic mass is 10.1. The average molecular weight is 390 g/mol. The van der Waals surface area contributed by atoms with E-state index in [0.29, 0.717) is 34.0 Å². The quantitative estimate of drug-likeness (QED) is 0.649. The number of anilines is 2. The monoisotopic (exact) mass is 390 g/mol. The fourth-order valence-electron chi connectivity index (χ4n) is 2.81. The SMILES string of the molecule is COc1ccc(C(=O)Nc2cc(C)c(NC(=O)c3ccccc3)cc2OC)cc1. The highest BCUT2D eigenvalue weighted by Crippen LogP contribution is 2.32. The first-order valence-corrected chi connectivity index (χ1v) is 9.02. The second-order valence-corrected chi connectivity index (χ2v) is 6.37. The molecule has 2 N–H and O–H groups in total. The van der Waals surface area contributed by atoms with Crippen LogP contribution in [0.3, 0.4) is 0 Å². The predicted molar refractivity (Wildman–Crippen MR) is 113 cm³/mol. The predicted octanol–water partition coefficient (Wildman–Crippen LogP) is 4.52. The van der Waals surface area contributed by atoms with Crippen LogP contribution < -0.4 is 20.1 Å². The van der Waals surface area contributed by atoms with Gasteiger partial charge in [-0.3, -0.25) is 9.59 Å². The minimum absolute atomic E-state index is 0.217. The highest BCUT2D eigenvalue weighted by molar-refractivity contribution is 6.07. The summed E-state index contributed by atoms with van der Waals surface area (Å²) in [7, 11) is 3.08. The molecule has 6 nitrogen and oxygen atoms in total. The van der Waals surface area contributed by atoms with E-state index in [1.807, 2.05) is 13.0 Å². The molecule has 3 aromatic rings. The minimum atomic E-state index is -0.272. The lowest BCUT2D eigenvalue weighted by Gasteiger charge is -2.15. The highest BCUT2D eigenvalue weighted by atomic mass is 16.5. The van der Waals surface area contributed by atoms with E-state index >= 15 is 0 Å². The summed E-state index contributed by atoms with van der Waals surface area (Å²) in [6.07, 6.45) is 0. The van der Waals surface area contributed by atoms with Crippen molar-refractivity contribution in [2.24, 2.45) is 0 Å². The lowest BCUT2D eigenvalue weighted by Crippen LogP contribution is -2.15. The van der Waals surface area contributed by atoms with Crippen LogP contribution in [0.15, 0.2) is 66.7 Å². The van der Waals surface area contributed by atoms with Crippen LogP contribution in [0.2, 0.25) is 0 Å². The zero-order valence-corrected chi connectivity index (χ0v) is 16.5. The molecular weight excluding hydrogens is 368 g/mol. The third-order valence-corrected chi connectivity index (χ3v) is 4.43. The van der Waals surface area contributed by atoms with Crippen LogP contribution in [0.1, 0.15) is 26.3 Å². The number of nitrogens with one attached hydrogen (secondary N) is 2. The molecule has 0 spiro atoms. The fraction of sp³-hybridized carbons (Fsp3) is 0.130. The van der Waals surface area contributed by atoms with E-state index in [9.17, 15) is 9.59 Å². The molecule has 0 aliphatic carbocycles. The van der Waals surface area contributed by atoms with E-state index in [1.54, 1.807) is 67.8 Å². The Morgan fingerprint density at radius 1 is 0.724 bits per heavy atom. The third-order valence-electron chi connectivity index (χ3n) is 4.43. The molecule has 0 aliphatic rings. The number of carbonyl (C=O) groups excluding carboxylic acids is 2. The van der Waals surface area contributed by atoms with Crippen molar-refractivity contribution in [1.82, 2.24) is 0 Å². The van der Waals surface area contributed by atoms with Crippen LogP contribution in [-0.2, 0) is 0 Å². The summed E-state index contributed by atoms with van der Waals surface area (Å²) in [4.78, 5) is 25.0. The molecule has 0 saturated carbocycles. The van der Waals surface area contributed by atoms with Gasteiger partial charge in [-0.05, 0) is 55.0 Å². The van der Waals surface area contributed by atoms with Gasteiger partial charge < -0.3 is 20.1 Å². The van der Waals surface area contributed by atoms with Gasteiger partial charge in [0.05, 0.1) is 19.9 Å². The maximum absolute atomic E-state index is 12.6. The molecule has 148 valence electrons. The Hall–Kier alpha value is -3.80. The summed E-state index contributed by atoms with van der Waals surface area (Å²) in [5, 5.41) is 5.73. The highest BCUT2D eigenvalue weighted by Gasteiger charge is 2.14. The van der Waals surface area contributed by atoms with Gasteiger partial charge in [0.15, 0.2) is 0 Å². The van der Waals surface area contributed by atoms with Crippen molar-refractivity contribution >= 4 is 23.2 Å². The lowest BCUT2D eigenvalue weighted by molar-refractivity contribution is 0.101. The number of carbonyl (C=O) groups is 2. The first-order valence-electron chi connectivity index (χ1n) is 9.02. The molecule has 0 heterocycles. The number of benzene rings is 3. The van der Waals surface area contributed by atoms with Crippen molar-refractivity contribution in [2.45, 2.75) is 6.92 Å². The van der Waals surface area contributed by atoms with Gasteiger partial charge in [0.25, 0.3) is 11.8 Å². The summed E-state index contributed by atoms with van der Waals surface area (Å²) in [6.45, 7) is 1.85. The van der Waals surface area contributed by atoms with E-state index in [1.165, 1.54) is 7.11 Å². The Bertz CT molecular complexity index is 1020. The van der Waals surface area contributed by atoms with Crippen molar-refractivity contribution in [1.29, 1.82) is 0 Å². The van der Waals surface area contributed by atoms with Gasteiger partial charge in [-0.15, -0.1) is 0 Å². The van der Waals surface area contributed by atoms with Crippen molar-refractivity contribution in [3.63, 3.8) is 0 Å². The number of rotatable bonds is 6. The van der Waals surface area contributed by atoms with Gasteiger partial charge in [0, 0.05) is 22.9 Å². The van der Waals surface area contributed by atoms with E-state index in [4.69, 9.17) is 9.47 Å². The van der Waals surface area contributed by atoms with Crippen molar-refractivity contribution in [2.75, 3.05) is 24.9 Å². The molecular formula is C23H22N2O4. The fourth-order valence-corrected chi connectivity index (χ4v) is 2.81. The van der Waals surface area contributed by atoms with E-state index in [-0.39, 0.29) is 11.8 Å². The second-order valence-electron chi connectivity index (χ2n) is 6.37. The topological polar surface area (TPSA) is 76.7 Å². The molecule has 3 aromatic carbocycles. The molecule has 0 bridgehead atoms. The van der Waals surface area contributed by atoms with Crippen LogP contribution in [0, 0.1) is 6.92 Å². The Morgan fingerprint density at radius 3 is 1.90 bits per heavy atom. The summed E-state index contributed by atoms with van der Waals surface area (Å²) >= 11 is 0. The molecule has 0 radical (unpaired) electrons. The molecule has 29 heavy (non-hydrogen) atoms. The molecule has 0 saturated heterocycles. The minimum Gasteiger partial charge on any atom is -0.497 e.